The molecule has 0 bridgehead atoms. The molecule has 2 N–H and O–H groups in total. The fourth-order valence-electron chi connectivity index (χ4n) is 3.22. The van der Waals surface area contributed by atoms with Gasteiger partial charge in [0.1, 0.15) is 6.10 Å². The first-order valence-corrected chi connectivity index (χ1v) is 7.86. The van der Waals surface area contributed by atoms with Crippen LogP contribution in [0.2, 0.25) is 0 Å². The Bertz CT molecular complexity index is 465. The molecule has 6 atom stereocenters. The van der Waals surface area contributed by atoms with E-state index >= 15 is 0 Å². The molecule has 118 valence electrons. The lowest BCUT2D eigenvalue weighted by molar-refractivity contribution is -0.159. The van der Waals surface area contributed by atoms with E-state index in [2.05, 4.69) is 6.92 Å². The van der Waals surface area contributed by atoms with E-state index in [0.717, 1.165) is 12.0 Å². The zero-order valence-electron chi connectivity index (χ0n) is 13.2. The summed E-state index contributed by atoms with van der Waals surface area (Å²) in [6, 6.07) is 0. The maximum Gasteiger partial charge on any atom is 0.308 e. The Morgan fingerprint density at radius 2 is 2.14 bits per heavy atom. The number of aliphatic hydroxyl groups is 2. The van der Waals surface area contributed by atoms with Crippen LogP contribution in [0.5, 0.6) is 0 Å². The second kappa shape index (κ2) is 6.22. The summed E-state index contributed by atoms with van der Waals surface area (Å²) in [6.07, 6.45) is 3.73. The first kappa shape index (κ1) is 16.1. The molecule has 2 rings (SSSR count). The van der Waals surface area contributed by atoms with Crippen molar-refractivity contribution >= 4 is 5.97 Å². The molecule has 0 heterocycles. The van der Waals surface area contributed by atoms with Crippen LogP contribution in [0.4, 0.5) is 0 Å². The number of allylic oxidation sites excluding steroid dienone is 2. The summed E-state index contributed by atoms with van der Waals surface area (Å²) in [5.74, 6) is 0.264. The van der Waals surface area contributed by atoms with Crippen LogP contribution in [0.25, 0.3) is 0 Å². The van der Waals surface area contributed by atoms with E-state index in [4.69, 9.17) is 4.74 Å². The van der Waals surface area contributed by atoms with E-state index in [1.54, 1.807) is 12.2 Å². The quantitative estimate of drug-likeness (QED) is 0.785. The number of esters is 1. The highest BCUT2D eigenvalue weighted by molar-refractivity contribution is 5.72. The van der Waals surface area contributed by atoms with Gasteiger partial charge in [0.25, 0.3) is 0 Å². The van der Waals surface area contributed by atoms with Crippen LogP contribution in [0.3, 0.4) is 0 Å². The van der Waals surface area contributed by atoms with Gasteiger partial charge in [-0.15, -0.1) is 0 Å². The van der Waals surface area contributed by atoms with Gasteiger partial charge in [-0.2, -0.15) is 0 Å². The number of hydrogen-bond acceptors (Lipinski definition) is 4. The number of aliphatic hydroxyl groups excluding tert-OH is 2. The van der Waals surface area contributed by atoms with Gasteiger partial charge in [-0.3, -0.25) is 4.79 Å². The fourth-order valence-corrected chi connectivity index (χ4v) is 3.22. The van der Waals surface area contributed by atoms with Crippen molar-refractivity contribution < 1.29 is 19.7 Å². The number of rotatable bonds is 3. The number of ether oxygens (including phenoxy) is 1. The highest BCUT2D eigenvalue weighted by Crippen LogP contribution is 2.43. The third-order valence-electron chi connectivity index (χ3n) is 5.06. The van der Waals surface area contributed by atoms with Gasteiger partial charge in [-0.05, 0) is 24.0 Å². The van der Waals surface area contributed by atoms with Gasteiger partial charge in [-0.25, -0.2) is 0 Å². The minimum atomic E-state index is -0.629. The Morgan fingerprint density at radius 1 is 1.48 bits per heavy atom. The highest BCUT2D eigenvalue weighted by atomic mass is 16.5. The molecule has 0 aliphatic heterocycles. The molecule has 0 aromatic rings. The van der Waals surface area contributed by atoms with Gasteiger partial charge in [0.15, 0.2) is 0 Å². The van der Waals surface area contributed by atoms with Crippen molar-refractivity contribution in [2.45, 2.75) is 52.7 Å². The molecule has 0 fully saturated rings. The van der Waals surface area contributed by atoms with Crippen LogP contribution >= 0.6 is 0 Å². The maximum atomic E-state index is 12.1. The topological polar surface area (TPSA) is 66.8 Å². The zero-order chi connectivity index (χ0) is 15.7. The fraction of sp³-hybridized carbons (Fsp3) is 0.706. The van der Waals surface area contributed by atoms with Gasteiger partial charge in [-0.1, -0.05) is 33.8 Å². The Morgan fingerprint density at radius 3 is 2.76 bits per heavy atom. The van der Waals surface area contributed by atoms with Crippen LogP contribution < -0.4 is 0 Å². The van der Waals surface area contributed by atoms with Crippen LogP contribution in [0.1, 0.15) is 40.5 Å². The molecule has 0 saturated heterocycles. The van der Waals surface area contributed by atoms with E-state index in [0.29, 0.717) is 12.2 Å². The number of fused-ring (bicyclic) bond motifs is 1. The lowest BCUT2D eigenvalue weighted by atomic mass is 9.68. The minimum absolute atomic E-state index is 0.0344. The molecule has 4 nitrogen and oxygen atoms in total. The molecule has 6 unspecified atom stereocenters. The average Bonchev–Trinajstić information content (AvgIpc) is 2.43. The summed E-state index contributed by atoms with van der Waals surface area (Å²) in [5, 5.41) is 20.0. The van der Waals surface area contributed by atoms with Crippen LogP contribution in [-0.4, -0.2) is 28.4 Å². The average molecular weight is 294 g/mol. The monoisotopic (exact) mass is 294 g/mol. The van der Waals surface area contributed by atoms with Crippen molar-refractivity contribution in [1.82, 2.24) is 0 Å². The van der Waals surface area contributed by atoms with E-state index in [9.17, 15) is 15.0 Å². The lowest BCUT2D eigenvalue weighted by Gasteiger charge is -2.42. The predicted molar refractivity (Wildman–Crippen MR) is 80.6 cm³/mol. The zero-order valence-corrected chi connectivity index (χ0v) is 13.2. The number of hydrogen-bond donors (Lipinski definition) is 2. The van der Waals surface area contributed by atoms with Crippen molar-refractivity contribution in [3.05, 3.63) is 23.5 Å². The van der Waals surface area contributed by atoms with Crippen LogP contribution in [-0.2, 0) is 9.53 Å². The molecule has 2 aliphatic rings. The second-order valence-electron chi connectivity index (χ2n) is 6.50. The van der Waals surface area contributed by atoms with Crippen LogP contribution in [0.15, 0.2) is 23.5 Å². The molecule has 21 heavy (non-hydrogen) atoms. The Balaban J connectivity index is 2.24. The summed E-state index contributed by atoms with van der Waals surface area (Å²) < 4.78 is 5.69. The number of carbonyl (C=O) groups is 1. The molecular formula is C17H26O4. The summed E-state index contributed by atoms with van der Waals surface area (Å²) in [7, 11) is 0. The third kappa shape index (κ3) is 3.15. The summed E-state index contributed by atoms with van der Waals surface area (Å²) in [4.78, 5) is 12.1. The highest BCUT2D eigenvalue weighted by Gasteiger charge is 2.42. The molecule has 0 saturated carbocycles. The van der Waals surface area contributed by atoms with E-state index in [-0.39, 0.29) is 35.7 Å². The normalized spacial score (nSPS) is 37.1. The number of carbonyl (C=O) groups excluding carboxylic acids is 1. The summed E-state index contributed by atoms with van der Waals surface area (Å²) in [6.45, 7) is 7.86. The van der Waals surface area contributed by atoms with Gasteiger partial charge in [0.2, 0.25) is 0 Å². The largest absolute Gasteiger partial charge is 0.512 e. The van der Waals surface area contributed by atoms with Crippen molar-refractivity contribution in [2.24, 2.45) is 23.7 Å². The Hall–Kier alpha value is -1.29. The Kier molecular flexibility index (Phi) is 4.77. The van der Waals surface area contributed by atoms with Crippen LogP contribution in [0, 0.1) is 23.7 Å². The first-order valence-electron chi connectivity index (χ1n) is 7.86. The van der Waals surface area contributed by atoms with Crippen molar-refractivity contribution in [2.75, 3.05) is 0 Å². The molecule has 0 aromatic heterocycles. The Labute approximate surface area is 126 Å². The summed E-state index contributed by atoms with van der Waals surface area (Å²) >= 11 is 0. The van der Waals surface area contributed by atoms with Gasteiger partial charge in [0.05, 0.1) is 17.8 Å². The maximum absolute atomic E-state index is 12.1. The molecule has 0 aromatic carbocycles. The smallest absolute Gasteiger partial charge is 0.308 e. The standard InChI is InChI=1S/C17H26O4/c1-5-9(2)17(20)21-15-8-13(18)6-12-7-14(19)10(3)11(4)16(12)15/h6-7,9-11,13,15-16,18-19H,5,8H2,1-4H3. The van der Waals surface area contributed by atoms with Crippen molar-refractivity contribution in [3.8, 4) is 0 Å². The molecule has 4 heteroatoms. The van der Waals surface area contributed by atoms with Gasteiger partial charge < -0.3 is 14.9 Å². The van der Waals surface area contributed by atoms with Crippen molar-refractivity contribution in [1.29, 1.82) is 0 Å². The van der Waals surface area contributed by atoms with Gasteiger partial charge >= 0.3 is 5.97 Å². The first-order chi connectivity index (χ1) is 9.85. The molecule has 0 radical (unpaired) electrons. The lowest BCUT2D eigenvalue weighted by Crippen LogP contribution is -2.42. The van der Waals surface area contributed by atoms with E-state index in [1.165, 1.54) is 0 Å². The SMILES string of the molecule is CCC(C)C(=O)OC1CC(O)C=C2C=C(O)C(C)C(C)C21. The molecule has 2 aliphatic carbocycles. The summed E-state index contributed by atoms with van der Waals surface area (Å²) in [5.41, 5.74) is 0.888. The molecule has 0 spiro atoms. The molecular weight excluding hydrogens is 268 g/mol. The van der Waals surface area contributed by atoms with Crippen molar-refractivity contribution in [3.63, 3.8) is 0 Å². The second-order valence-corrected chi connectivity index (χ2v) is 6.50. The minimum Gasteiger partial charge on any atom is -0.512 e. The third-order valence-corrected chi connectivity index (χ3v) is 5.06. The van der Waals surface area contributed by atoms with E-state index in [1.807, 2.05) is 20.8 Å². The molecule has 0 amide bonds. The van der Waals surface area contributed by atoms with Gasteiger partial charge in [0, 0.05) is 18.3 Å². The van der Waals surface area contributed by atoms with E-state index < -0.39 is 6.10 Å². The predicted octanol–water partition coefficient (Wildman–Crippen LogP) is 2.98.